The number of benzene rings is 2. The van der Waals surface area contributed by atoms with Gasteiger partial charge in [0, 0.05) is 17.3 Å². The van der Waals surface area contributed by atoms with E-state index in [4.69, 9.17) is 21.1 Å². The Labute approximate surface area is 199 Å². The van der Waals surface area contributed by atoms with Crippen LogP contribution in [0.3, 0.4) is 0 Å². The lowest BCUT2D eigenvalue weighted by molar-refractivity contribution is -0.384. The second-order valence-electron chi connectivity index (χ2n) is 6.88. The third kappa shape index (κ3) is 8.17. The molecule has 2 aromatic carbocycles. The quantitative estimate of drug-likeness (QED) is 0.210. The first-order valence-corrected chi connectivity index (χ1v) is 10.5. The number of anilines is 1. The standard InChI is InChI=1S/C22H22ClN3O8/c1-2-3-10-33-22(30)14-4-7-16(8-5-14)25-19(27)13-34-20(28)12-24-21(29)15-6-9-17(23)18(11-15)26(31)32/h4-9,11H,2-3,10,12-13H2,1H3,(H,24,29)(H,25,27). The Kier molecular flexibility index (Phi) is 9.96. The van der Waals surface area contributed by atoms with Crippen molar-refractivity contribution in [2.45, 2.75) is 19.8 Å². The summed E-state index contributed by atoms with van der Waals surface area (Å²) in [5.74, 6) is -2.74. The number of halogens is 1. The number of nitrogens with zero attached hydrogens (tertiary/aromatic N) is 1. The maximum absolute atomic E-state index is 12.1. The van der Waals surface area contributed by atoms with Crippen molar-refractivity contribution in [3.05, 3.63) is 68.7 Å². The van der Waals surface area contributed by atoms with Crippen molar-refractivity contribution in [1.82, 2.24) is 5.32 Å². The minimum absolute atomic E-state index is 0.0701. The van der Waals surface area contributed by atoms with Crippen LogP contribution in [0.1, 0.15) is 40.5 Å². The first-order valence-electron chi connectivity index (χ1n) is 10.2. The summed E-state index contributed by atoms with van der Waals surface area (Å²) in [6.07, 6.45) is 1.67. The summed E-state index contributed by atoms with van der Waals surface area (Å²) in [6, 6.07) is 9.42. The zero-order valence-electron chi connectivity index (χ0n) is 18.2. The molecule has 0 aliphatic rings. The van der Waals surface area contributed by atoms with Gasteiger partial charge in [-0.3, -0.25) is 24.5 Å². The molecule has 180 valence electrons. The number of unbranched alkanes of at least 4 members (excludes halogenated alkanes) is 1. The van der Waals surface area contributed by atoms with Gasteiger partial charge in [0.1, 0.15) is 11.6 Å². The molecular weight excluding hydrogens is 470 g/mol. The minimum atomic E-state index is -0.892. The highest BCUT2D eigenvalue weighted by Gasteiger charge is 2.17. The van der Waals surface area contributed by atoms with Crippen molar-refractivity contribution in [3.8, 4) is 0 Å². The van der Waals surface area contributed by atoms with Gasteiger partial charge in [0.2, 0.25) is 0 Å². The Balaban J connectivity index is 1.76. The molecular formula is C22H22ClN3O8. The lowest BCUT2D eigenvalue weighted by Gasteiger charge is -2.09. The second-order valence-corrected chi connectivity index (χ2v) is 7.29. The van der Waals surface area contributed by atoms with E-state index in [1.165, 1.54) is 36.4 Å². The number of esters is 2. The third-order valence-electron chi connectivity index (χ3n) is 4.30. The lowest BCUT2D eigenvalue weighted by atomic mass is 10.2. The predicted molar refractivity (Wildman–Crippen MR) is 122 cm³/mol. The van der Waals surface area contributed by atoms with E-state index in [0.717, 1.165) is 18.9 Å². The SMILES string of the molecule is CCCCOC(=O)c1ccc(NC(=O)COC(=O)CNC(=O)c2ccc(Cl)c([N+](=O)[O-])c2)cc1. The summed E-state index contributed by atoms with van der Waals surface area (Å²) in [6.45, 7) is 1.15. The highest BCUT2D eigenvalue weighted by molar-refractivity contribution is 6.32. The van der Waals surface area contributed by atoms with Gasteiger partial charge in [-0.2, -0.15) is 0 Å². The van der Waals surface area contributed by atoms with Crippen molar-refractivity contribution >= 4 is 46.7 Å². The molecule has 2 N–H and O–H groups in total. The number of nitro groups is 1. The molecule has 2 amide bonds. The molecule has 0 aromatic heterocycles. The highest BCUT2D eigenvalue weighted by Crippen LogP contribution is 2.24. The van der Waals surface area contributed by atoms with Crippen molar-refractivity contribution < 1.29 is 33.6 Å². The molecule has 2 rings (SSSR count). The Morgan fingerprint density at radius 1 is 1.03 bits per heavy atom. The molecule has 0 unspecified atom stereocenters. The van der Waals surface area contributed by atoms with Crippen LogP contribution in [0.15, 0.2) is 42.5 Å². The molecule has 0 saturated heterocycles. The van der Waals surface area contributed by atoms with Crippen LogP contribution in [0.4, 0.5) is 11.4 Å². The lowest BCUT2D eigenvalue weighted by Crippen LogP contribution is -2.32. The van der Waals surface area contributed by atoms with Gasteiger partial charge in [0.05, 0.1) is 17.1 Å². The van der Waals surface area contributed by atoms with E-state index in [0.29, 0.717) is 17.9 Å². The second kappa shape index (κ2) is 12.9. The first kappa shape index (κ1) is 26.3. The van der Waals surface area contributed by atoms with Crippen molar-refractivity contribution in [2.75, 3.05) is 25.1 Å². The molecule has 0 saturated carbocycles. The van der Waals surface area contributed by atoms with Gasteiger partial charge < -0.3 is 20.1 Å². The number of carbonyl (C=O) groups excluding carboxylic acids is 4. The largest absolute Gasteiger partial charge is 0.462 e. The van der Waals surface area contributed by atoms with Gasteiger partial charge in [-0.25, -0.2) is 4.79 Å². The van der Waals surface area contributed by atoms with E-state index < -0.39 is 47.5 Å². The van der Waals surface area contributed by atoms with Gasteiger partial charge >= 0.3 is 11.9 Å². The van der Waals surface area contributed by atoms with Gasteiger partial charge in [-0.05, 0) is 42.8 Å². The fraction of sp³-hybridized carbons (Fsp3) is 0.273. The van der Waals surface area contributed by atoms with E-state index in [2.05, 4.69) is 10.6 Å². The highest BCUT2D eigenvalue weighted by atomic mass is 35.5. The number of nitrogens with one attached hydrogen (secondary N) is 2. The molecule has 0 radical (unpaired) electrons. The van der Waals surface area contributed by atoms with E-state index in [9.17, 15) is 29.3 Å². The number of hydrogen-bond acceptors (Lipinski definition) is 8. The molecule has 0 aliphatic carbocycles. The zero-order valence-corrected chi connectivity index (χ0v) is 18.9. The Hall–Kier alpha value is -3.99. The topological polar surface area (TPSA) is 154 Å². The molecule has 2 aromatic rings. The molecule has 0 heterocycles. The van der Waals surface area contributed by atoms with Crippen molar-refractivity contribution in [1.29, 1.82) is 0 Å². The number of carbonyl (C=O) groups is 4. The minimum Gasteiger partial charge on any atom is -0.462 e. The first-order chi connectivity index (χ1) is 16.2. The fourth-order valence-electron chi connectivity index (χ4n) is 2.52. The predicted octanol–water partition coefficient (Wildman–Crippen LogP) is 3.12. The maximum atomic E-state index is 12.1. The number of ether oxygens (including phenoxy) is 2. The summed E-state index contributed by atoms with van der Waals surface area (Å²) in [5.41, 5.74) is 0.195. The summed E-state index contributed by atoms with van der Waals surface area (Å²) in [4.78, 5) is 57.8. The molecule has 0 fully saturated rings. The van der Waals surface area contributed by atoms with Crippen LogP contribution < -0.4 is 10.6 Å². The van der Waals surface area contributed by atoms with Crippen molar-refractivity contribution in [3.63, 3.8) is 0 Å². The van der Waals surface area contributed by atoms with Gasteiger partial charge in [0.15, 0.2) is 6.61 Å². The summed E-state index contributed by atoms with van der Waals surface area (Å²) < 4.78 is 9.89. The van der Waals surface area contributed by atoms with Crippen molar-refractivity contribution in [2.24, 2.45) is 0 Å². The van der Waals surface area contributed by atoms with Crippen LogP contribution in [0, 0.1) is 10.1 Å². The molecule has 11 nitrogen and oxygen atoms in total. The average Bonchev–Trinajstić information content (AvgIpc) is 2.81. The molecule has 34 heavy (non-hydrogen) atoms. The van der Waals surface area contributed by atoms with Crippen LogP contribution in [-0.2, 0) is 19.1 Å². The average molecular weight is 492 g/mol. The van der Waals surface area contributed by atoms with Crippen LogP contribution in [0.25, 0.3) is 0 Å². The molecule has 0 bridgehead atoms. The molecule has 0 atom stereocenters. The molecule has 0 spiro atoms. The maximum Gasteiger partial charge on any atom is 0.338 e. The summed E-state index contributed by atoms with van der Waals surface area (Å²) in [7, 11) is 0. The monoisotopic (exact) mass is 491 g/mol. The van der Waals surface area contributed by atoms with Gasteiger partial charge in [-0.15, -0.1) is 0 Å². The number of nitro benzene ring substituents is 1. The van der Waals surface area contributed by atoms with E-state index in [-0.39, 0.29) is 10.6 Å². The van der Waals surface area contributed by atoms with Crippen LogP contribution in [0.2, 0.25) is 5.02 Å². The van der Waals surface area contributed by atoms with Crippen LogP contribution in [-0.4, -0.2) is 48.4 Å². The van der Waals surface area contributed by atoms with Gasteiger partial charge in [0.25, 0.3) is 17.5 Å². The summed E-state index contributed by atoms with van der Waals surface area (Å²) >= 11 is 5.69. The molecule has 12 heteroatoms. The number of hydrogen-bond donors (Lipinski definition) is 2. The Bertz CT molecular complexity index is 1070. The van der Waals surface area contributed by atoms with E-state index in [1.807, 2.05) is 6.92 Å². The smallest absolute Gasteiger partial charge is 0.338 e. The number of rotatable bonds is 11. The third-order valence-corrected chi connectivity index (χ3v) is 4.62. The Morgan fingerprint density at radius 2 is 1.71 bits per heavy atom. The normalized spacial score (nSPS) is 10.2. The zero-order chi connectivity index (χ0) is 25.1. The van der Waals surface area contributed by atoms with Gasteiger partial charge in [-0.1, -0.05) is 24.9 Å². The van der Waals surface area contributed by atoms with Crippen LogP contribution in [0.5, 0.6) is 0 Å². The van der Waals surface area contributed by atoms with E-state index in [1.54, 1.807) is 0 Å². The summed E-state index contributed by atoms with van der Waals surface area (Å²) in [5, 5.41) is 15.5. The molecule has 0 aliphatic heterocycles. The van der Waals surface area contributed by atoms with E-state index >= 15 is 0 Å². The number of amides is 2. The fourth-order valence-corrected chi connectivity index (χ4v) is 2.71. The van der Waals surface area contributed by atoms with Crippen LogP contribution >= 0.6 is 11.6 Å². The Morgan fingerprint density at radius 3 is 2.35 bits per heavy atom.